The van der Waals surface area contributed by atoms with Gasteiger partial charge < -0.3 is 9.52 Å². The highest BCUT2D eigenvalue weighted by Crippen LogP contribution is 2.39. The van der Waals surface area contributed by atoms with Crippen LogP contribution < -0.4 is 0 Å². The van der Waals surface area contributed by atoms with Crippen LogP contribution in [0, 0.1) is 29.5 Å². The number of halogens is 3. The van der Waals surface area contributed by atoms with Gasteiger partial charge in [0.1, 0.15) is 11.6 Å². The molecule has 7 heteroatoms. The summed E-state index contributed by atoms with van der Waals surface area (Å²) in [5.74, 6) is -0.585. The molecule has 1 N–H and O–H groups in total. The maximum Gasteiger partial charge on any atom is 0.337 e. The zero-order valence-electron chi connectivity index (χ0n) is 38.7. The summed E-state index contributed by atoms with van der Waals surface area (Å²) in [7, 11) is 0. The third-order valence-electron chi connectivity index (χ3n) is 8.36. The van der Waals surface area contributed by atoms with E-state index in [4.69, 9.17) is 32.7 Å². The summed E-state index contributed by atoms with van der Waals surface area (Å²) in [6.07, 6.45) is 15.9. The minimum Gasteiger partial charge on any atom is -0.478 e. The smallest absolute Gasteiger partial charge is 0.337 e. The van der Waals surface area contributed by atoms with E-state index in [2.05, 4.69) is 96.2 Å². The zero-order chi connectivity index (χ0) is 45.1. The second-order valence-electron chi connectivity index (χ2n) is 16.7. The lowest BCUT2D eigenvalue weighted by atomic mass is 9.82. The first-order chi connectivity index (χ1) is 26.3. The summed E-state index contributed by atoms with van der Waals surface area (Å²) < 4.78 is 19.9. The van der Waals surface area contributed by atoms with E-state index in [1.807, 2.05) is 33.8 Å². The van der Waals surface area contributed by atoms with Crippen molar-refractivity contribution in [1.82, 2.24) is 0 Å². The molecule has 1 heterocycles. The number of hydrogen-bond acceptors (Lipinski definition) is 3. The molecule has 0 saturated carbocycles. The minimum atomic E-state index is -1.05. The summed E-state index contributed by atoms with van der Waals surface area (Å²) in [4.78, 5) is 23.2. The number of carbonyl (C=O) groups is 2. The van der Waals surface area contributed by atoms with Gasteiger partial charge in [0.25, 0.3) is 0 Å². The highest BCUT2D eigenvalue weighted by molar-refractivity contribution is 6.34. The predicted octanol–water partition coefficient (Wildman–Crippen LogP) is 17.7. The average Bonchev–Trinajstić information content (AvgIpc) is 3.50. The van der Waals surface area contributed by atoms with Crippen molar-refractivity contribution in [2.75, 3.05) is 0 Å². The Bertz CT molecular complexity index is 1570. The van der Waals surface area contributed by atoms with Crippen molar-refractivity contribution < 1.29 is 23.5 Å². The highest BCUT2D eigenvalue weighted by Gasteiger charge is 2.27. The van der Waals surface area contributed by atoms with Crippen molar-refractivity contribution in [2.24, 2.45) is 16.7 Å². The number of carboxylic acid groups (broad SMARTS) is 1. The monoisotopic (exact) mass is 833 g/mol. The number of allylic oxidation sites excluding steroid dienone is 6. The van der Waals surface area contributed by atoms with Gasteiger partial charge >= 0.3 is 5.97 Å². The minimum absolute atomic E-state index is 0.00343. The number of carboxylic acids is 1. The fourth-order valence-electron chi connectivity index (χ4n) is 4.56. The van der Waals surface area contributed by atoms with Gasteiger partial charge in [-0.25, -0.2) is 9.18 Å². The molecular formula is C50H79Cl2FO4. The lowest BCUT2D eigenvalue weighted by Crippen LogP contribution is -2.10. The Hall–Kier alpha value is -3.15. The van der Waals surface area contributed by atoms with E-state index >= 15 is 0 Å². The Morgan fingerprint density at radius 1 is 0.912 bits per heavy atom. The lowest BCUT2D eigenvalue weighted by Gasteiger charge is -2.23. The molecule has 0 aliphatic heterocycles. The zero-order valence-corrected chi connectivity index (χ0v) is 40.2. The standard InChI is InChI=1S/C24H28ClFO2.C11H15ClO2.C8H18.C4H10.C3H8/c1-8-14(2)22(27)21-12-16(4)23(28-21)18(24(5,6)7)11-15(3)17-9-10-19(25)20(26)13-17;1-4-5-8(2)6-7-10(9(3)12)11(13)14;1-5-6-7-8(2,3)4;1-3-4-2;1-3-2/h9-14H,3,8H2,1-2,4-7H3;6-7H,3-5H2,1-2H3,(H,13,14);5-7H2,1-4H3;3-4H2,1-2H3;3H2,1-2H3/b18-11+;8-6-,10-7+;;;. The third kappa shape index (κ3) is 26.5. The van der Waals surface area contributed by atoms with Gasteiger partial charge in [0.2, 0.25) is 5.78 Å². The summed E-state index contributed by atoms with van der Waals surface area (Å²) in [6.45, 7) is 41.2. The first-order valence-corrected chi connectivity index (χ1v) is 21.6. The number of aliphatic carboxylic acids is 1. The molecule has 57 heavy (non-hydrogen) atoms. The van der Waals surface area contributed by atoms with Crippen molar-refractivity contribution in [3.63, 3.8) is 0 Å². The summed E-state index contributed by atoms with van der Waals surface area (Å²) in [5.41, 5.74) is 4.53. The molecule has 0 bridgehead atoms. The number of Topliss-reactive ketones (excluding diaryl/α,β-unsaturated/α-hetero) is 1. The van der Waals surface area contributed by atoms with Gasteiger partial charge in [-0.3, -0.25) is 4.79 Å². The molecular weight excluding hydrogens is 754 g/mol. The number of rotatable bonds is 14. The van der Waals surface area contributed by atoms with Crippen LogP contribution in [0.4, 0.5) is 4.39 Å². The molecule has 0 amide bonds. The molecule has 0 fully saturated rings. The maximum atomic E-state index is 13.8. The average molecular weight is 834 g/mol. The topological polar surface area (TPSA) is 67.5 Å². The molecule has 4 nitrogen and oxygen atoms in total. The molecule has 324 valence electrons. The summed E-state index contributed by atoms with van der Waals surface area (Å²) in [6, 6.07) is 6.42. The molecule has 1 aromatic carbocycles. The Labute approximate surface area is 358 Å². The molecule has 1 unspecified atom stereocenters. The van der Waals surface area contributed by atoms with Gasteiger partial charge in [-0.05, 0) is 91.0 Å². The van der Waals surface area contributed by atoms with E-state index < -0.39 is 11.8 Å². The molecule has 0 aliphatic carbocycles. The number of benzene rings is 1. The van der Waals surface area contributed by atoms with Crippen molar-refractivity contribution >= 4 is 46.1 Å². The predicted molar refractivity (Wildman–Crippen MR) is 250 cm³/mol. The van der Waals surface area contributed by atoms with Crippen LogP contribution in [-0.2, 0) is 4.79 Å². The van der Waals surface area contributed by atoms with Gasteiger partial charge in [0, 0.05) is 16.5 Å². The number of ketones is 1. The normalized spacial score (nSPS) is 12.3. The quantitative estimate of drug-likeness (QED) is 0.117. The van der Waals surface area contributed by atoms with Crippen LogP contribution in [0.3, 0.4) is 0 Å². The summed E-state index contributed by atoms with van der Waals surface area (Å²) in [5, 5.41) is 8.87. The van der Waals surface area contributed by atoms with Crippen LogP contribution in [0.5, 0.6) is 0 Å². The van der Waals surface area contributed by atoms with Crippen LogP contribution >= 0.6 is 23.2 Å². The first kappa shape index (κ1) is 58.2. The third-order valence-corrected chi connectivity index (χ3v) is 8.87. The van der Waals surface area contributed by atoms with E-state index in [0.29, 0.717) is 28.1 Å². The molecule has 2 rings (SSSR count). The van der Waals surface area contributed by atoms with Crippen LogP contribution in [0.15, 0.2) is 76.2 Å². The fraction of sp³-hybridized carbons (Fsp3) is 0.560. The van der Waals surface area contributed by atoms with Crippen molar-refractivity contribution in [3.05, 3.63) is 105 Å². The number of carbonyl (C=O) groups excluding carboxylic acids is 1. The molecule has 2 aromatic rings. The summed E-state index contributed by atoms with van der Waals surface area (Å²) >= 11 is 11.3. The van der Waals surface area contributed by atoms with Gasteiger partial charge in [-0.15, -0.1) is 0 Å². The number of unbranched alkanes of at least 4 members (excludes halogenated alkanes) is 2. The Balaban J connectivity index is -0.000000831. The number of furan rings is 1. The van der Waals surface area contributed by atoms with Crippen molar-refractivity contribution in [3.8, 4) is 0 Å². The van der Waals surface area contributed by atoms with Crippen molar-refractivity contribution in [2.45, 2.75) is 169 Å². The largest absolute Gasteiger partial charge is 0.478 e. The molecule has 1 atom stereocenters. The Kier molecular flexibility index (Phi) is 31.5. The second kappa shape index (κ2) is 30.9. The number of aryl methyl sites for hydroxylation is 1. The Morgan fingerprint density at radius 3 is 1.82 bits per heavy atom. The molecule has 1 aromatic heterocycles. The Morgan fingerprint density at radius 2 is 1.46 bits per heavy atom. The van der Waals surface area contributed by atoms with E-state index in [-0.39, 0.29) is 32.7 Å². The van der Waals surface area contributed by atoms with E-state index in [1.165, 1.54) is 56.7 Å². The van der Waals surface area contributed by atoms with E-state index in [1.54, 1.807) is 18.2 Å². The molecule has 0 radical (unpaired) electrons. The van der Waals surface area contributed by atoms with Gasteiger partial charge in [-0.2, -0.15) is 0 Å². The van der Waals surface area contributed by atoms with Crippen molar-refractivity contribution in [1.29, 1.82) is 0 Å². The second-order valence-corrected chi connectivity index (χ2v) is 17.5. The maximum absolute atomic E-state index is 13.8. The van der Waals surface area contributed by atoms with Gasteiger partial charge in [0.05, 0.1) is 10.6 Å². The highest BCUT2D eigenvalue weighted by atomic mass is 35.5. The van der Waals surface area contributed by atoms with E-state index in [0.717, 1.165) is 36.0 Å². The fourth-order valence-corrected chi connectivity index (χ4v) is 4.82. The molecule has 0 aliphatic rings. The van der Waals surface area contributed by atoms with E-state index in [9.17, 15) is 14.0 Å². The van der Waals surface area contributed by atoms with Gasteiger partial charge in [0.15, 0.2) is 5.76 Å². The van der Waals surface area contributed by atoms with Crippen LogP contribution in [-0.4, -0.2) is 16.9 Å². The lowest BCUT2D eigenvalue weighted by molar-refractivity contribution is -0.132. The molecule has 0 spiro atoms. The first-order valence-electron chi connectivity index (χ1n) is 20.8. The van der Waals surface area contributed by atoms with Gasteiger partial charge in [-0.1, -0.05) is 190 Å². The molecule has 0 saturated heterocycles. The van der Waals surface area contributed by atoms with Crippen LogP contribution in [0.2, 0.25) is 5.02 Å². The SMILES string of the molecule is C=C(/C=C(\c1oc(C(=O)C(C)CC)cc1C)C(C)(C)C)c1ccc(Cl)c(F)c1.C=C(Cl)/C(=C\C=C(\C)CCC)C(=O)O.CCC.CCCC.CCCCC(C)(C)C. The number of hydrogen-bond donors (Lipinski definition) is 1. The van der Waals surface area contributed by atoms with Crippen LogP contribution in [0.25, 0.3) is 11.1 Å². The van der Waals surface area contributed by atoms with Crippen LogP contribution in [0.1, 0.15) is 189 Å².